The molecule has 0 bridgehead atoms. The lowest BCUT2D eigenvalue weighted by molar-refractivity contribution is -0.870. The molecule has 0 fully saturated rings. The number of hydrogen-bond donors (Lipinski definition) is 0. The molecule has 2 unspecified atom stereocenters. The molecule has 2 atom stereocenters. The topological polar surface area (TPSA) is 111 Å². The summed E-state index contributed by atoms with van der Waals surface area (Å²) in [6, 6.07) is 0. The van der Waals surface area contributed by atoms with Gasteiger partial charge >= 0.3 is 11.9 Å². The Kier molecular flexibility index (Phi) is 41.5. The van der Waals surface area contributed by atoms with Gasteiger partial charge in [-0.2, -0.15) is 0 Å². The number of allylic oxidation sites excluding steroid dienone is 10. The second kappa shape index (κ2) is 43.6. The average molecular weight is 858 g/mol. The maximum atomic E-state index is 12.7. The van der Waals surface area contributed by atoms with Gasteiger partial charge in [0.05, 0.1) is 40.3 Å². The highest BCUT2D eigenvalue weighted by atomic mass is 16.7. The van der Waals surface area contributed by atoms with Gasteiger partial charge in [-0.05, 0) is 64.2 Å². The summed E-state index contributed by atoms with van der Waals surface area (Å²) < 4.78 is 22.5. The predicted molar refractivity (Wildman–Crippen MR) is 251 cm³/mol. The minimum absolute atomic E-state index is 0.125. The molecule has 9 nitrogen and oxygen atoms in total. The highest BCUT2D eigenvalue weighted by Gasteiger charge is 2.21. The van der Waals surface area contributed by atoms with Crippen LogP contribution in [-0.2, 0) is 33.3 Å². The lowest BCUT2D eigenvalue weighted by Gasteiger charge is -2.26. The van der Waals surface area contributed by atoms with Crippen molar-refractivity contribution in [1.82, 2.24) is 0 Å². The van der Waals surface area contributed by atoms with E-state index in [1.165, 1.54) is 116 Å². The zero-order chi connectivity index (χ0) is 44.9. The van der Waals surface area contributed by atoms with Gasteiger partial charge < -0.3 is 33.3 Å². The van der Waals surface area contributed by atoms with Gasteiger partial charge in [0.15, 0.2) is 12.4 Å². The SMILES string of the molecule is CC/C=C\C/C=C\C/C=C\C/C=C\CCC(=O)OC(COC(=O)CCCCCCCCCCCCC/C=C\CCCCCCCCCC)COC(OCC[N+](C)(C)C)C(=O)[O-]. The summed E-state index contributed by atoms with van der Waals surface area (Å²) in [6.07, 6.45) is 50.0. The molecule has 0 aromatic rings. The van der Waals surface area contributed by atoms with Crippen molar-refractivity contribution < 1.29 is 42.9 Å². The summed E-state index contributed by atoms with van der Waals surface area (Å²) >= 11 is 0. The molecule has 352 valence electrons. The maximum absolute atomic E-state index is 12.7. The molecule has 0 spiro atoms. The first kappa shape index (κ1) is 58.0. The van der Waals surface area contributed by atoms with E-state index < -0.39 is 24.3 Å². The molecule has 0 aromatic carbocycles. The first-order valence-electron chi connectivity index (χ1n) is 24.4. The summed E-state index contributed by atoms with van der Waals surface area (Å²) in [7, 11) is 5.88. The molecule has 0 saturated carbocycles. The van der Waals surface area contributed by atoms with E-state index in [0.717, 1.165) is 44.9 Å². The Morgan fingerprint density at radius 3 is 1.46 bits per heavy atom. The second-order valence-electron chi connectivity index (χ2n) is 17.4. The molecular formula is C52H91NO8. The van der Waals surface area contributed by atoms with Crippen LogP contribution in [0.1, 0.15) is 194 Å². The Bertz CT molecular complexity index is 1180. The summed E-state index contributed by atoms with van der Waals surface area (Å²) in [5.74, 6) is -2.40. The summed E-state index contributed by atoms with van der Waals surface area (Å²) in [4.78, 5) is 37.0. The van der Waals surface area contributed by atoms with Gasteiger partial charge in [-0.1, -0.05) is 177 Å². The van der Waals surface area contributed by atoms with E-state index in [4.69, 9.17) is 18.9 Å². The van der Waals surface area contributed by atoms with E-state index in [1.54, 1.807) is 0 Å². The van der Waals surface area contributed by atoms with Crippen molar-refractivity contribution in [2.24, 2.45) is 0 Å². The van der Waals surface area contributed by atoms with Gasteiger partial charge in [-0.25, -0.2) is 0 Å². The summed E-state index contributed by atoms with van der Waals surface area (Å²) in [6.45, 7) is 4.54. The molecular weight excluding hydrogens is 767 g/mol. The first-order valence-corrected chi connectivity index (χ1v) is 24.4. The molecule has 0 saturated heterocycles. The Morgan fingerprint density at radius 2 is 0.967 bits per heavy atom. The van der Waals surface area contributed by atoms with Gasteiger partial charge in [0.2, 0.25) is 0 Å². The highest BCUT2D eigenvalue weighted by molar-refractivity contribution is 5.70. The summed E-state index contributed by atoms with van der Waals surface area (Å²) in [5.41, 5.74) is 0. The largest absolute Gasteiger partial charge is 0.545 e. The van der Waals surface area contributed by atoms with Gasteiger partial charge in [0, 0.05) is 12.8 Å². The van der Waals surface area contributed by atoms with E-state index in [1.807, 2.05) is 33.3 Å². The average Bonchev–Trinajstić information content (AvgIpc) is 3.22. The van der Waals surface area contributed by atoms with Crippen molar-refractivity contribution in [2.75, 3.05) is 47.5 Å². The Morgan fingerprint density at radius 1 is 0.508 bits per heavy atom. The smallest absolute Gasteiger partial charge is 0.306 e. The molecule has 0 aliphatic heterocycles. The van der Waals surface area contributed by atoms with Gasteiger partial charge in [-0.3, -0.25) is 9.59 Å². The number of rotatable bonds is 44. The number of nitrogens with zero attached hydrogens (tertiary/aromatic N) is 1. The summed E-state index contributed by atoms with van der Waals surface area (Å²) in [5, 5.41) is 11.7. The van der Waals surface area contributed by atoms with Crippen molar-refractivity contribution in [3.8, 4) is 0 Å². The van der Waals surface area contributed by atoms with Crippen LogP contribution in [-0.4, -0.2) is 82.3 Å². The molecule has 0 aliphatic carbocycles. The fourth-order valence-electron chi connectivity index (χ4n) is 6.48. The van der Waals surface area contributed by atoms with Crippen LogP contribution in [0.5, 0.6) is 0 Å². The third kappa shape index (κ3) is 44.8. The lowest BCUT2D eigenvalue weighted by Crippen LogP contribution is -2.44. The monoisotopic (exact) mass is 858 g/mol. The van der Waals surface area contributed by atoms with Crippen LogP contribution in [0.3, 0.4) is 0 Å². The Labute approximate surface area is 374 Å². The molecule has 0 radical (unpaired) electrons. The van der Waals surface area contributed by atoms with Crippen LogP contribution in [0, 0.1) is 0 Å². The van der Waals surface area contributed by atoms with E-state index in [2.05, 4.69) is 62.5 Å². The maximum Gasteiger partial charge on any atom is 0.306 e. The van der Waals surface area contributed by atoms with Crippen molar-refractivity contribution >= 4 is 17.9 Å². The molecule has 0 aliphatic rings. The zero-order valence-corrected chi connectivity index (χ0v) is 39.8. The third-order valence-electron chi connectivity index (χ3n) is 10.3. The zero-order valence-electron chi connectivity index (χ0n) is 39.8. The van der Waals surface area contributed by atoms with Crippen molar-refractivity contribution in [1.29, 1.82) is 0 Å². The Balaban J connectivity index is 4.34. The molecule has 0 N–H and O–H groups in total. The van der Waals surface area contributed by atoms with Crippen molar-refractivity contribution in [3.63, 3.8) is 0 Å². The van der Waals surface area contributed by atoms with Crippen LogP contribution in [0.2, 0.25) is 0 Å². The first-order chi connectivity index (χ1) is 29.6. The standard InChI is InChI=1S/C52H91NO8/c1-6-8-10-12-14-16-18-20-21-22-23-24-25-26-27-28-29-31-32-34-36-38-40-42-49(54)59-46-48(47-60-52(51(56)57)58-45-44-53(3,4)5)61-50(55)43-41-39-37-35-33-30-19-17-15-13-11-9-7-2/h9,11,15,17,22-23,30,33,37,39,48,52H,6-8,10,12-14,16,18-21,24-29,31-32,34-36,38,40-47H2,1-5H3/b11-9-,17-15-,23-22-,33-30-,39-37-. The van der Waals surface area contributed by atoms with Crippen molar-refractivity contribution in [3.05, 3.63) is 60.8 Å². The number of carboxylic acid groups (broad SMARTS) is 1. The van der Waals surface area contributed by atoms with Crippen LogP contribution in [0.25, 0.3) is 0 Å². The van der Waals surface area contributed by atoms with Gasteiger partial charge in [0.1, 0.15) is 13.2 Å². The van der Waals surface area contributed by atoms with Gasteiger partial charge in [0.25, 0.3) is 0 Å². The fraction of sp³-hybridized carbons (Fsp3) is 0.750. The number of unbranched alkanes of at least 4 members (excludes halogenated alkanes) is 19. The minimum Gasteiger partial charge on any atom is -0.545 e. The van der Waals surface area contributed by atoms with Crippen LogP contribution in [0.15, 0.2) is 60.8 Å². The fourth-order valence-corrected chi connectivity index (χ4v) is 6.48. The van der Waals surface area contributed by atoms with Crippen molar-refractivity contribution in [2.45, 2.75) is 206 Å². The number of carboxylic acids is 1. The number of ether oxygens (including phenoxy) is 4. The molecule has 9 heteroatoms. The number of carbonyl (C=O) groups excluding carboxylic acids is 3. The van der Waals surface area contributed by atoms with E-state index in [9.17, 15) is 19.5 Å². The van der Waals surface area contributed by atoms with E-state index >= 15 is 0 Å². The van der Waals surface area contributed by atoms with Crippen LogP contribution < -0.4 is 5.11 Å². The molecule has 0 aromatic heterocycles. The van der Waals surface area contributed by atoms with E-state index in [0.29, 0.717) is 17.4 Å². The highest BCUT2D eigenvalue weighted by Crippen LogP contribution is 2.14. The van der Waals surface area contributed by atoms with Crippen LogP contribution >= 0.6 is 0 Å². The molecule has 0 amide bonds. The third-order valence-corrected chi connectivity index (χ3v) is 10.3. The number of quaternary nitrogens is 1. The molecule has 0 rings (SSSR count). The predicted octanol–water partition coefficient (Wildman–Crippen LogP) is 12.0. The minimum atomic E-state index is -1.64. The number of carbonyl (C=O) groups is 3. The normalized spacial score (nSPS) is 13.4. The lowest BCUT2D eigenvalue weighted by atomic mass is 10.0. The molecule has 61 heavy (non-hydrogen) atoms. The number of esters is 2. The van der Waals surface area contributed by atoms with Crippen LogP contribution in [0.4, 0.5) is 0 Å². The quantitative estimate of drug-likeness (QED) is 0.0196. The number of aliphatic carboxylic acids is 1. The Hall–Kier alpha value is -3.01. The number of hydrogen-bond acceptors (Lipinski definition) is 8. The second-order valence-corrected chi connectivity index (χ2v) is 17.4. The molecule has 0 heterocycles. The number of likely N-dealkylation sites (N-methyl/N-ethyl adjacent to an activating group) is 1. The van der Waals surface area contributed by atoms with E-state index in [-0.39, 0.29) is 38.6 Å². The van der Waals surface area contributed by atoms with Gasteiger partial charge in [-0.15, -0.1) is 0 Å².